The van der Waals surface area contributed by atoms with Gasteiger partial charge in [-0.05, 0) is 41.5 Å². The molecule has 1 aromatic carbocycles. The molecule has 0 radical (unpaired) electrons. The lowest BCUT2D eigenvalue weighted by Crippen LogP contribution is -2.51. The van der Waals surface area contributed by atoms with Crippen LogP contribution in [-0.4, -0.2) is 53.8 Å². The van der Waals surface area contributed by atoms with Crippen molar-refractivity contribution in [1.82, 2.24) is 15.1 Å². The maximum atomic E-state index is 13.2. The second kappa shape index (κ2) is 10.2. The molecular weight excluding hydrogens is 406 g/mol. The topological polar surface area (TPSA) is 52.7 Å². The molecule has 1 N–H and O–H groups in total. The van der Waals surface area contributed by atoms with E-state index in [1.54, 1.807) is 6.07 Å². The molecule has 0 spiro atoms. The van der Waals surface area contributed by atoms with Gasteiger partial charge in [0.15, 0.2) is 0 Å². The highest BCUT2D eigenvalue weighted by atomic mass is 35.5. The van der Waals surface area contributed by atoms with Crippen molar-refractivity contribution in [2.24, 2.45) is 5.92 Å². The summed E-state index contributed by atoms with van der Waals surface area (Å²) in [5, 5.41) is 5.55. The summed E-state index contributed by atoms with van der Waals surface area (Å²) in [5.74, 6) is -0.135. The number of amides is 2. The number of thiophene rings is 1. The third-order valence-electron chi connectivity index (χ3n) is 5.18. The van der Waals surface area contributed by atoms with E-state index >= 15 is 0 Å². The summed E-state index contributed by atoms with van der Waals surface area (Å²) >= 11 is 7.36. The minimum Gasteiger partial charge on any atom is -0.340 e. The van der Waals surface area contributed by atoms with Gasteiger partial charge in [0.2, 0.25) is 5.91 Å². The van der Waals surface area contributed by atoms with Crippen LogP contribution in [0.25, 0.3) is 0 Å². The zero-order valence-corrected chi connectivity index (χ0v) is 18.5. The second-order valence-corrected chi connectivity index (χ2v) is 9.14. The largest absolute Gasteiger partial charge is 0.340 e. The smallest absolute Gasteiger partial charge is 0.262 e. The molecule has 1 unspecified atom stereocenters. The molecule has 1 fully saturated rings. The molecule has 156 valence electrons. The normalized spacial score (nSPS) is 16.5. The molecule has 5 nitrogen and oxygen atoms in total. The first-order chi connectivity index (χ1) is 13.9. The highest BCUT2D eigenvalue weighted by Crippen LogP contribution is 2.16. The van der Waals surface area contributed by atoms with Crippen LogP contribution >= 0.6 is 22.9 Å². The Hall–Kier alpha value is -1.89. The molecule has 2 heterocycles. The van der Waals surface area contributed by atoms with E-state index in [2.05, 4.69) is 10.2 Å². The molecule has 2 aromatic rings. The molecule has 1 atom stereocenters. The summed E-state index contributed by atoms with van der Waals surface area (Å²) < 4.78 is 0. The molecule has 1 saturated heterocycles. The van der Waals surface area contributed by atoms with Crippen LogP contribution in [0.4, 0.5) is 0 Å². The maximum Gasteiger partial charge on any atom is 0.262 e. The Morgan fingerprint density at radius 3 is 2.52 bits per heavy atom. The van der Waals surface area contributed by atoms with E-state index in [1.165, 1.54) is 16.9 Å². The summed E-state index contributed by atoms with van der Waals surface area (Å²) in [6, 6.07) is 11.0. The molecular formula is C22H28ClN3O2S. The highest BCUT2D eigenvalue weighted by Gasteiger charge is 2.30. The Balaban J connectivity index is 1.59. The zero-order valence-electron chi connectivity index (χ0n) is 16.9. The SMILES string of the molecule is CC(C)C(NC(=O)c1cccs1)C(=O)N1CCCN(Cc2ccc(Cl)cc2)CC1. The van der Waals surface area contributed by atoms with E-state index in [1.807, 2.05) is 54.5 Å². The van der Waals surface area contributed by atoms with Gasteiger partial charge in [-0.2, -0.15) is 0 Å². The van der Waals surface area contributed by atoms with Crippen LogP contribution in [0.15, 0.2) is 41.8 Å². The van der Waals surface area contributed by atoms with Gasteiger partial charge in [0.1, 0.15) is 6.04 Å². The predicted molar refractivity (Wildman–Crippen MR) is 118 cm³/mol. The molecule has 29 heavy (non-hydrogen) atoms. The van der Waals surface area contributed by atoms with Crippen LogP contribution in [0.1, 0.15) is 35.5 Å². The van der Waals surface area contributed by atoms with E-state index in [4.69, 9.17) is 11.6 Å². The van der Waals surface area contributed by atoms with Crippen molar-refractivity contribution in [3.63, 3.8) is 0 Å². The number of hydrogen-bond donors (Lipinski definition) is 1. The van der Waals surface area contributed by atoms with Gasteiger partial charge in [0.25, 0.3) is 5.91 Å². The van der Waals surface area contributed by atoms with Crippen molar-refractivity contribution < 1.29 is 9.59 Å². The monoisotopic (exact) mass is 433 g/mol. The van der Waals surface area contributed by atoms with Crippen molar-refractivity contribution in [2.45, 2.75) is 32.9 Å². The minimum atomic E-state index is -0.507. The van der Waals surface area contributed by atoms with Gasteiger partial charge in [-0.1, -0.05) is 43.6 Å². The lowest BCUT2D eigenvalue weighted by Gasteiger charge is -2.29. The number of rotatable bonds is 6. The van der Waals surface area contributed by atoms with E-state index in [0.29, 0.717) is 18.0 Å². The fourth-order valence-corrected chi connectivity index (χ4v) is 4.28. The van der Waals surface area contributed by atoms with Gasteiger partial charge in [-0.15, -0.1) is 11.3 Å². The van der Waals surface area contributed by atoms with E-state index < -0.39 is 6.04 Å². The highest BCUT2D eigenvalue weighted by molar-refractivity contribution is 7.12. The van der Waals surface area contributed by atoms with Gasteiger partial charge < -0.3 is 10.2 Å². The second-order valence-electron chi connectivity index (χ2n) is 7.75. The Labute approximate surface area is 181 Å². The number of carbonyl (C=O) groups excluding carboxylic acids is 2. The summed E-state index contributed by atoms with van der Waals surface area (Å²) in [6.07, 6.45) is 0.920. The minimum absolute atomic E-state index is 0.0123. The number of benzene rings is 1. The summed E-state index contributed by atoms with van der Waals surface area (Å²) in [4.78, 5) is 30.6. The fraction of sp³-hybridized carbons (Fsp3) is 0.455. The molecule has 0 aliphatic carbocycles. The first-order valence-electron chi connectivity index (χ1n) is 10.0. The quantitative estimate of drug-likeness (QED) is 0.751. The zero-order chi connectivity index (χ0) is 20.8. The number of carbonyl (C=O) groups is 2. The molecule has 0 saturated carbocycles. The first kappa shape index (κ1) is 21.8. The van der Waals surface area contributed by atoms with Gasteiger partial charge in [0.05, 0.1) is 4.88 Å². The number of nitrogens with one attached hydrogen (secondary N) is 1. The van der Waals surface area contributed by atoms with E-state index in [9.17, 15) is 9.59 Å². The number of hydrogen-bond acceptors (Lipinski definition) is 4. The third-order valence-corrected chi connectivity index (χ3v) is 6.30. The maximum absolute atomic E-state index is 13.2. The van der Waals surface area contributed by atoms with Crippen LogP contribution < -0.4 is 5.32 Å². The molecule has 1 aliphatic rings. The lowest BCUT2D eigenvalue weighted by molar-refractivity contribution is -0.134. The average Bonchev–Trinajstić information content (AvgIpc) is 3.14. The average molecular weight is 434 g/mol. The van der Waals surface area contributed by atoms with Crippen molar-refractivity contribution >= 4 is 34.8 Å². The Kier molecular flexibility index (Phi) is 7.70. The van der Waals surface area contributed by atoms with Crippen LogP contribution in [-0.2, 0) is 11.3 Å². The van der Waals surface area contributed by atoms with Crippen LogP contribution in [0.3, 0.4) is 0 Å². The van der Waals surface area contributed by atoms with Crippen molar-refractivity contribution in [1.29, 1.82) is 0 Å². The Bertz CT molecular complexity index is 808. The Morgan fingerprint density at radius 2 is 1.86 bits per heavy atom. The van der Waals surface area contributed by atoms with Gasteiger partial charge >= 0.3 is 0 Å². The van der Waals surface area contributed by atoms with Crippen molar-refractivity contribution in [3.8, 4) is 0 Å². The third kappa shape index (κ3) is 6.04. The van der Waals surface area contributed by atoms with E-state index in [-0.39, 0.29) is 17.7 Å². The van der Waals surface area contributed by atoms with Crippen molar-refractivity contribution in [3.05, 3.63) is 57.2 Å². The van der Waals surface area contributed by atoms with Gasteiger partial charge in [-0.3, -0.25) is 14.5 Å². The molecule has 0 bridgehead atoms. The fourth-order valence-electron chi connectivity index (χ4n) is 3.53. The first-order valence-corrected chi connectivity index (χ1v) is 11.3. The molecule has 7 heteroatoms. The van der Waals surface area contributed by atoms with Crippen LogP contribution in [0.2, 0.25) is 5.02 Å². The van der Waals surface area contributed by atoms with Gasteiger partial charge in [0, 0.05) is 37.7 Å². The molecule has 3 rings (SSSR count). The van der Waals surface area contributed by atoms with Gasteiger partial charge in [-0.25, -0.2) is 0 Å². The van der Waals surface area contributed by atoms with Crippen molar-refractivity contribution in [2.75, 3.05) is 26.2 Å². The Morgan fingerprint density at radius 1 is 1.10 bits per heavy atom. The molecule has 1 aromatic heterocycles. The molecule has 1 aliphatic heterocycles. The number of halogens is 1. The van der Waals surface area contributed by atoms with Crippen LogP contribution in [0, 0.1) is 5.92 Å². The lowest BCUT2D eigenvalue weighted by atomic mass is 10.0. The van der Waals surface area contributed by atoms with E-state index in [0.717, 1.165) is 31.1 Å². The van der Waals surface area contributed by atoms with Crippen LogP contribution in [0.5, 0.6) is 0 Å². The standard InChI is InChI=1S/C22H28ClN3O2S/c1-16(2)20(24-21(27)19-5-3-14-29-19)22(28)26-11-4-10-25(12-13-26)15-17-6-8-18(23)9-7-17/h3,5-9,14,16,20H,4,10-13,15H2,1-2H3,(H,24,27). The number of nitrogens with zero attached hydrogens (tertiary/aromatic N) is 2. The summed E-state index contributed by atoms with van der Waals surface area (Å²) in [7, 11) is 0. The molecule has 2 amide bonds. The summed E-state index contributed by atoms with van der Waals surface area (Å²) in [6.45, 7) is 7.95. The summed E-state index contributed by atoms with van der Waals surface area (Å²) in [5.41, 5.74) is 1.22. The predicted octanol–water partition coefficient (Wildman–Crippen LogP) is 3.89.